The van der Waals surface area contributed by atoms with Gasteiger partial charge in [-0.05, 0) is 30.7 Å². The molecule has 1 fully saturated rings. The molecule has 0 spiro atoms. The molecule has 1 aliphatic rings. The first-order chi connectivity index (χ1) is 13.6. The van der Waals surface area contributed by atoms with Gasteiger partial charge in [0.15, 0.2) is 5.65 Å². The summed E-state index contributed by atoms with van der Waals surface area (Å²) in [5.74, 6) is 0.495. The topological polar surface area (TPSA) is 95.6 Å². The number of pyridine rings is 1. The average molecular weight is 374 g/mol. The first-order valence-electron chi connectivity index (χ1n) is 9.25. The molecule has 0 saturated heterocycles. The molecule has 141 valence electrons. The normalized spacial score (nSPS) is 24.8. The lowest BCUT2D eigenvalue weighted by molar-refractivity contribution is 0.0256. The van der Waals surface area contributed by atoms with Crippen LogP contribution >= 0.6 is 0 Å². The van der Waals surface area contributed by atoms with Crippen molar-refractivity contribution >= 4 is 22.2 Å². The van der Waals surface area contributed by atoms with Crippen molar-refractivity contribution in [3.05, 3.63) is 61.9 Å². The molecule has 1 saturated carbocycles. The zero-order valence-electron chi connectivity index (χ0n) is 15.1. The summed E-state index contributed by atoms with van der Waals surface area (Å²) in [5.41, 5.74) is 2.39. The van der Waals surface area contributed by atoms with Gasteiger partial charge in [0.05, 0.1) is 17.8 Å². The maximum absolute atomic E-state index is 10.3. The van der Waals surface area contributed by atoms with Gasteiger partial charge in [0.25, 0.3) is 0 Å². The van der Waals surface area contributed by atoms with Gasteiger partial charge < -0.3 is 15.5 Å². The summed E-state index contributed by atoms with van der Waals surface area (Å²) >= 11 is 0. The van der Waals surface area contributed by atoms with E-state index in [4.69, 9.17) is 5.10 Å². The minimum atomic E-state index is -0.872. The highest BCUT2D eigenvalue weighted by Gasteiger charge is 2.39. The lowest BCUT2D eigenvalue weighted by atomic mass is 10.1. The van der Waals surface area contributed by atoms with Crippen LogP contribution in [0.5, 0.6) is 0 Å². The fourth-order valence-electron chi connectivity index (χ4n) is 3.91. The number of aromatic nitrogens is 4. The Labute approximate surface area is 161 Å². The van der Waals surface area contributed by atoms with E-state index in [1.54, 1.807) is 16.8 Å². The Balaban J connectivity index is 1.56. The third-order valence-corrected chi connectivity index (χ3v) is 5.44. The van der Waals surface area contributed by atoms with Crippen molar-refractivity contribution in [3.8, 4) is 11.3 Å². The molecule has 4 aromatic rings. The minimum absolute atomic E-state index is 0.209. The average Bonchev–Trinajstić information content (AvgIpc) is 3.25. The van der Waals surface area contributed by atoms with Crippen molar-refractivity contribution in [1.82, 2.24) is 19.6 Å². The van der Waals surface area contributed by atoms with E-state index in [1.165, 1.54) is 0 Å². The Kier molecular flexibility index (Phi) is 3.99. The van der Waals surface area contributed by atoms with Crippen LogP contribution in [-0.4, -0.2) is 48.0 Å². The van der Waals surface area contributed by atoms with Crippen LogP contribution in [-0.2, 0) is 0 Å². The predicted molar refractivity (Wildman–Crippen MR) is 107 cm³/mol. The second-order valence-corrected chi connectivity index (χ2v) is 7.27. The molecule has 3 N–H and O–H groups in total. The highest BCUT2D eigenvalue weighted by atomic mass is 16.3. The molecule has 0 aliphatic heterocycles. The Bertz CT molecular complexity index is 1150. The van der Waals surface area contributed by atoms with E-state index in [2.05, 4.69) is 22.2 Å². The predicted octanol–water partition coefficient (Wildman–Crippen LogP) is 2.30. The lowest BCUT2D eigenvalue weighted by Gasteiger charge is -2.19. The number of aliphatic hydroxyl groups is 2. The van der Waals surface area contributed by atoms with E-state index in [0.717, 1.165) is 22.0 Å². The SMILES string of the molecule is [CH2][C@@H]1C[C@@H](Nc2ccnc3cc(-c4cncc5ccccc45)nn23)[C@H](O)[C@@H]1O. The van der Waals surface area contributed by atoms with Gasteiger partial charge in [0.2, 0.25) is 0 Å². The van der Waals surface area contributed by atoms with Gasteiger partial charge in [-0.2, -0.15) is 9.61 Å². The summed E-state index contributed by atoms with van der Waals surface area (Å²) in [6.45, 7) is 3.90. The van der Waals surface area contributed by atoms with Crippen LogP contribution in [0, 0.1) is 12.8 Å². The maximum Gasteiger partial charge on any atom is 0.157 e. The van der Waals surface area contributed by atoms with Gasteiger partial charge in [-0.15, -0.1) is 0 Å². The van der Waals surface area contributed by atoms with E-state index in [-0.39, 0.29) is 12.0 Å². The molecular formula is C21H20N5O2. The zero-order chi connectivity index (χ0) is 19.3. The van der Waals surface area contributed by atoms with Crippen molar-refractivity contribution in [2.45, 2.75) is 24.7 Å². The van der Waals surface area contributed by atoms with Crippen LogP contribution in [0.4, 0.5) is 5.82 Å². The number of anilines is 1. The monoisotopic (exact) mass is 374 g/mol. The number of nitrogens with one attached hydrogen (secondary N) is 1. The van der Waals surface area contributed by atoms with E-state index in [1.807, 2.05) is 42.7 Å². The molecule has 0 unspecified atom stereocenters. The number of fused-ring (bicyclic) bond motifs is 2. The molecule has 0 amide bonds. The van der Waals surface area contributed by atoms with Gasteiger partial charge in [-0.3, -0.25) is 4.98 Å². The molecule has 5 rings (SSSR count). The largest absolute Gasteiger partial charge is 0.390 e. The van der Waals surface area contributed by atoms with Crippen molar-refractivity contribution in [3.63, 3.8) is 0 Å². The quantitative estimate of drug-likeness (QED) is 0.509. The van der Waals surface area contributed by atoms with Gasteiger partial charge in [0, 0.05) is 35.6 Å². The van der Waals surface area contributed by atoms with Crippen molar-refractivity contribution in [2.75, 3.05) is 5.32 Å². The Hall–Kier alpha value is -3.03. The summed E-state index contributed by atoms with van der Waals surface area (Å²) < 4.78 is 1.71. The summed E-state index contributed by atoms with van der Waals surface area (Å²) in [4.78, 5) is 8.75. The molecule has 3 heterocycles. The molecule has 1 aliphatic carbocycles. The maximum atomic E-state index is 10.3. The van der Waals surface area contributed by atoms with Gasteiger partial charge in [-0.1, -0.05) is 24.3 Å². The van der Waals surface area contributed by atoms with Crippen LogP contribution < -0.4 is 5.32 Å². The molecule has 1 radical (unpaired) electrons. The van der Waals surface area contributed by atoms with E-state index in [0.29, 0.717) is 17.9 Å². The molecule has 7 heteroatoms. The Morgan fingerprint density at radius 1 is 1.11 bits per heavy atom. The van der Waals surface area contributed by atoms with Crippen LogP contribution in [0.2, 0.25) is 0 Å². The molecular weight excluding hydrogens is 354 g/mol. The number of benzene rings is 1. The first-order valence-corrected chi connectivity index (χ1v) is 9.25. The molecule has 4 atom stereocenters. The van der Waals surface area contributed by atoms with Crippen LogP contribution in [0.25, 0.3) is 27.7 Å². The Morgan fingerprint density at radius 2 is 1.96 bits per heavy atom. The third-order valence-electron chi connectivity index (χ3n) is 5.44. The van der Waals surface area contributed by atoms with Gasteiger partial charge in [-0.25, -0.2) is 4.98 Å². The molecule has 1 aromatic carbocycles. The molecule has 7 nitrogen and oxygen atoms in total. The molecule has 3 aromatic heterocycles. The van der Waals surface area contributed by atoms with Crippen LogP contribution in [0.15, 0.2) is 55.0 Å². The van der Waals surface area contributed by atoms with E-state index in [9.17, 15) is 10.2 Å². The number of hydrogen-bond acceptors (Lipinski definition) is 6. The van der Waals surface area contributed by atoms with Gasteiger partial charge in [0.1, 0.15) is 11.9 Å². The summed E-state index contributed by atoms with van der Waals surface area (Å²) in [6, 6.07) is 11.5. The third kappa shape index (κ3) is 2.71. The van der Waals surface area contributed by atoms with E-state index >= 15 is 0 Å². The molecule has 28 heavy (non-hydrogen) atoms. The minimum Gasteiger partial charge on any atom is -0.390 e. The first kappa shape index (κ1) is 17.1. The summed E-state index contributed by atoms with van der Waals surface area (Å²) in [7, 11) is 0. The number of hydrogen-bond donors (Lipinski definition) is 3. The number of aliphatic hydroxyl groups excluding tert-OH is 2. The van der Waals surface area contributed by atoms with Gasteiger partial charge >= 0.3 is 0 Å². The second kappa shape index (κ2) is 6.54. The highest BCUT2D eigenvalue weighted by molar-refractivity contribution is 5.95. The molecule has 0 bridgehead atoms. The smallest absolute Gasteiger partial charge is 0.157 e. The summed E-state index contributed by atoms with van der Waals surface area (Å²) in [5, 5.41) is 30.4. The van der Waals surface area contributed by atoms with Crippen LogP contribution in [0.3, 0.4) is 0 Å². The van der Waals surface area contributed by atoms with Crippen molar-refractivity contribution in [1.29, 1.82) is 0 Å². The lowest BCUT2D eigenvalue weighted by Crippen LogP contribution is -2.35. The van der Waals surface area contributed by atoms with Crippen molar-refractivity contribution < 1.29 is 10.2 Å². The van der Waals surface area contributed by atoms with Crippen LogP contribution in [0.1, 0.15) is 6.42 Å². The Morgan fingerprint density at radius 3 is 2.79 bits per heavy atom. The zero-order valence-corrected chi connectivity index (χ0v) is 15.1. The summed E-state index contributed by atoms with van der Waals surface area (Å²) in [6.07, 6.45) is 4.22. The standard InChI is InChI=1S/C21H20N5O2/c1-12-8-17(21(28)20(12)27)24-18-6-7-23-19-9-16(25-26(18)19)15-11-22-10-13-4-2-3-5-14(13)15/h2-7,9-12,17,20-21,24,27-28H,1,8H2/t12-,17-,20-,21+/m1/s1. The number of rotatable bonds is 3. The van der Waals surface area contributed by atoms with E-state index < -0.39 is 12.2 Å². The highest BCUT2D eigenvalue weighted by Crippen LogP contribution is 2.30. The number of nitrogens with zero attached hydrogens (tertiary/aromatic N) is 4. The van der Waals surface area contributed by atoms with Crippen molar-refractivity contribution in [2.24, 2.45) is 5.92 Å². The fourth-order valence-corrected chi connectivity index (χ4v) is 3.91. The second-order valence-electron chi connectivity index (χ2n) is 7.27. The fraction of sp³-hybridized carbons (Fsp3) is 0.238.